The molecule has 1 aromatic rings. The zero-order chi connectivity index (χ0) is 12.5. The molecule has 92 valence electrons. The van der Waals surface area contributed by atoms with Crippen molar-refractivity contribution >= 4 is 17.6 Å². The Hall–Kier alpha value is -1.11. The van der Waals surface area contributed by atoms with Crippen LogP contribution in [-0.2, 0) is 6.42 Å². The van der Waals surface area contributed by atoms with Crippen LogP contribution in [0.1, 0.15) is 32.3 Å². The highest BCUT2D eigenvalue weighted by atomic mass is 35.5. The molecule has 17 heavy (non-hydrogen) atoms. The molecule has 2 nitrogen and oxygen atoms in total. The molecular weight excluding hydrogens is 232 g/mol. The van der Waals surface area contributed by atoms with Crippen LogP contribution in [0.4, 0.5) is 0 Å². The summed E-state index contributed by atoms with van der Waals surface area (Å²) >= 11 is 6.09. The van der Waals surface area contributed by atoms with Crippen molar-refractivity contribution in [3.05, 3.63) is 34.9 Å². The first-order chi connectivity index (χ1) is 8.24. The van der Waals surface area contributed by atoms with E-state index < -0.39 is 0 Å². The molecule has 0 fully saturated rings. The van der Waals surface area contributed by atoms with Gasteiger partial charge in [0.25, 0.3) is 0 Å². The summed E-state index contributed by atoms with van der Waals surface area (Å²) in [5.41, 5.74) is 1.13. The summed E-state index contributed by atoms with van der Waals surface area (Å²) in [4.78, 5) is 8.37. The van der Waals surface area contributed by atoms with Gasteiger partial charge >= 0.3 is 0 Å². The van der Waals surface area contributed by atoms with E-state index in [-0.39, 0.29) is 6.04 Å². The number of hydrogen-bond acceptors (Lipinski definition) is 2. The van der Waals surface area contributed by atoms with Gasteiger partial charge in [0.2, 0.25) is 0 Å². The van der Waals surface area contributed by atoms with Gasteiger partial charge in [-0.3, -0.25) is 0 Å². The molecule has 1 atom stereocenters. The van der Waals surface area contributed by atoms with E-state index in [0.717, 1.165) is 36.4 Å². The van der Waals surface area contributed by atoms with E-state index in [9.17, 15) is 0 Å². The highest BCUT2D eigenvalue weighted by molar-refractivity contribution is 6.31. The van der Waals surface area contributed by atoms with Crippen LogP contribution in [0, 0.1) is 0 Å². The molecule has 0 bridgehead atoms. The molecule has 0 aliphatic heterocycles. The lowest BCUT2D eigenvalue weighted by Gasteiger charge is -2.05. The fourth-order valence-electron chi connectivity index (χ4n) is 1.45. The summed E-state index contributed by atoms with van der Waals surface area (Å²) in [6.45, 7) is 5.01. The van der Waals surface area contributed by atoms with E-state index in [2.05, 4.69) is 22.9 Å². The SMILES string of the molecule is CCCCN=C=NC(C)Cc1ccccc1Cl. The predicted octanol–water partition coefficient (Wildman–Crippen LogP) is 4.25. The molecule has 0 saturated heterocycles. The van der Waals surface area contributed by atoms with E-state index in [1.165, 1.54) is 0 Å². The minimum atomic E-state index is 0.167. The van der Waals surface area contributed by atoms with Gasteiger partial charge in [0, 0.05) is 11.6 Å². The van der Waals surface area contributed by atoms with E-state index >= 15 is 0 Å². The van der Waals surface area contributed by atoms with Crippen LogP contribution in [-0.4, -0.2) is 18.6 Å². The summed E-state index contributed by atoms with van der Waals surface area (Å²) in [6, 6.07) is 10.8. The second-order valence-corrected chi connectivity index (χ2v) is 4.52. The summed E-state index contributed by atoms with van der Waals surface area (Å²) < 4.78 is 0. The zero-order valence-electron chi connectivity index (χ0n) is 10.5. The molecule has 0 heterocycles. The van der Waals surface area contributed by atoms with Crippen molar-refractivity contribution in [1.82, 2.24) is 0 Å². The first-order valence-corrected chi connectivity index (χ1v) is 6.46. The molecule has 0 radical (unpaired) electrons. The molecule has 0 amide bonds. The molecule has 0 aromatic heterocycles. The minimum absolute atomic E-state index is 0.167. The zero-order valence-corrected chi connectivity index (χ0v) is 11.2. The fourth-order valence-corrected chi connectivity index (χ4v) is 1.67. The molecule has 0 N–H and O–H groups in total. The Balaban J connectivity index is 2.47. The molecule has 3 heteroatoms. The molecule has 0 aliphatic rings. The second-order valence-electron chi connectivity index (χ2n) is 4.11. The van der Waals surface area contributed by atoms with Crippen molar-refractivity contribution < 1.29 is 0 Å². The molecule has 0 saturated carbocycles. The van der Waals surface area contributed by atoms with E-state index in [1.54, 1.807) is 0 Å². The third kappa shape index (κ3) is 5.67. The van der Waals surface area contributed by atoms with Gasteiger partial charge in [0.15, 0.2) is 0 Å². The average Bonchev–Trinajstić information content (AvgIpc) is 2.32. The van der Waals surface area contributed by atoms with Crippen LogP contribution in [0.15, 0.2) is 34.3 Å². The molecule has 1 unspecified atom stereocenters. The van der Waals surface area contributed by atoms with Crippen LogP contribution < -0.4 is 0 Å². The topological polar surface area (TPSA) is 24.7 Å². The van der Waals surface area contributed by atoms with Crippen LogP contribution >= 0.6 is 11.6 Å². The van der Waals surface area contributed by atoms with E-state index in [4.69, 9.17) is 11.6 Å². The van der Waals surface area contributed by atoms with Crippen molar-refractivity contribution in [3.8, 4) is 0 Å². The van der Waals surface area contributed by atoms with E-state index in [1.807, 2.05) is 31.2 Å². The largest absolute Gasteiger partial charge is 0.226 e. The van der Waals surface area contributed by atoms with Crippen molar-refractivity contribution in [1.29, 1.82) is 0 Å². The quantitative estimate of drug-likeness (QED) is 0.533. The summed E-state index contributed by atoms with van der Waals surface area (Å²) in [6.07, 6.45) is 3.08. The van der Waals surface area contributed by atoms with Crippen LogP contribution in [0.5, 0.6) is 0 Å². The molecule has 1 aromatic carbocycles. The van der Waals surface area contributed by atoms with Crippen LogP contribution in [0.3, 0.4) is 0 Å². The second kappa shape index (κ2) is 8.05. The fraction of sp³-hybridized carbons (Fsp3) is 0.500. The maximum atomic E-state index is 6.09. The maximum absolute atomic E-state index is 6.09. The number of rotatable bonds is 6. The van der Waals surface area contributed by atoms with Crippen molar-refractivity contribution in [2.75, 3.05) is 6.54 Å². The van der Waals surface area contributed by atoms with Crippen molar-refractivity contribution in [3.63, 3.8) is 0 Å². The van der Waals surface area contributed by atoms with Gasteiger partial charge in [-0.15, -0.1) is 0 Å². The lowest BCUT2D eigenvalue weighted by atomic mass is 10.1. The van der Waals surface area contributed by atoms with Gasteiger partial charge in [-0.25, -0.2) is 9.98 Å². The summed E-state index contributed by atoms with van der Waals surface area (Å²) in [7, 11) is 0. The number of halogens is 1. The lowest BCUT2D eigenvalue weighted by molar-refractivity contribution is 0.742. The standard InChI is InChI=1S/C14H19ClN2/c1-3-4-9-16-11-17-12(2)10-13-7-5-6-8-14(13)15/h5-8,12H,3-4,9-10H2,1-2H3. The Morgan fingerprint density at radius 2 is 2.12 bits per heavy atom. The van der Waals surface area contributed by atoms with Crippen molar-refractivity contribution in [2.45, 2.75) is 39.2 Å². The Labute approximate surface area is 108 Å². The Kier molecular flexibility index (Phi) is 6.61. The van der Waals surface area contributed by atoms with Gasteiger partial charge in [-0.1, -0.05) is 43.1 Å². The molecule has 1 rings (SSSR count). The van der Waals surface area contributed by atoms with Gasteiger partial charge < -0.3 is 0 Å². The Morgan fingerprint density at radius 3 is 2.82 bits per heavy atom. The van der Waals surface area contributed by atoms with Gasteiger partial charge in [-0.2, -0.15) is 0 Å². The van der Waals surface area contributed by atoms with E-state index in [0.29, 0.717) is 0 Å². The number of hydrogen-bond donors (Lipinski definition) is 0. The van der Waals surface area contributed by atoms with Gasteiger partial charge in [-0.05, 0) is 31.4 Å². The average molecular weight is 251 g/mol. The first kappa shape index (κ1) is 14.0. The highest BCUT2D eigenvalue weighted by Crippen LogP contribution is 2.17. The number of aliphatic imine (C=N–C) groups is 2. The Bertz CT molecular complexity index is 395. The van der Waals surface area contributed by atoms with Crippen LogP contribution in [0.25, 0.3) is 0 Å². The summed E-state index contributed by atoms with van der Waals surface area (Å²) in [5.74, 6) is 0. The molecule has 0 aliphatic carbocycles. The van der Waals surface area contributed by atoms with Gasteiger partial charge in [0.1, 0.15) is 0 Å². The van der Waals surface area contributed by atoms with Crippen molar-refractivity contribution in [2.24, 2.45) is 9.98 Å². The monoisotopic (exact) mass is 250 g/mol. The Morgan fingerprint density at radius 1 is 1.35 bits per heavy atom. The molecular formula is C14H19ClN2. The van der Waals surface area contributed by atoms with Gasteiger partial charge in [0.05, 0.1) is 12.1 Å². The molecule has 0 spiro atoms. The number of unbranched alkanes of at least 4 members (excludes halogenated alkanes) is 1. The number of nitrogens with zero attached hydrogens (tertiary/aromatic N) is 2. The highest BCUT2D eigenvalue weighted by Gasteiger charge is 2.03. The first-order valence-electron chi connectivity index (χ1n) is 6.08. The maximum Gasteiger partial charge on any atom is 0.0895 e. The smallest absolute Gasteiger partial charge is 0.0895 e. The summed E-state index contributed by atoms with van der Waals surface area (Å²) in [5, 5.41) is 0.803. The number of benzene rings is 1. The third-order valence-electron chi connectivity index (χ3n) is 2.45. The van der Waals surface area contributed by atoms with Crippen LogP contribution in [0.2, 0.25) is 5.02 Å². The lowest BCUT2D eigenvalue weighted by Crippen LogP contribution is -2.02. The normalized spacial score (nSPS) is 11.7. The third-order valence-corrected chi connectivity index (χ3v) is 2.81. The minimum Gasteiger partial charge on any atom is -0.226 e. The predicted molar refractivity (Wildman–Crippen MR) is 74.3 cm³/mol.